The molecule has 3 rings (SSSR count). The van der Waals surface area contributed by atoms with Gasteiger partial charge in [0.1, 0.15) is 0 Å². The first-order chi connectivity index (χ1) is 12.7. The highest BCUT2D eigenvalue weighted by atomic mass is 16.5. The summed E-state index contributed by atoms with van der Waals surface area (Å²) in [5, 5.41) is 7.69. The van der Waals surface area contributed by atoms with Gasteiger partial charge in [-0.1, -0.05) is 12.1 Å². The minimum Gasteiger partial charge on any atom is -0.493 e. The van der Waals surface area contributed by atoms with Crippen molar-refractivity contribution in [3.63, 3.8) is 0 Å². The molecule has 6 heteroatoms. The van der Waals surface area contributed by atoms with Crippen molar-refractivity contribution in [3.05, 3.63) is 58.1 Å². The van der Waals surface area contributed by atoms with Gasteiger partial charge in [0.2, 0.25) is 6.41 Å². The summed E-state index contributed by atoms with van der Waals surface area (Å²) in [7, 11) is 3.21. The molecule has 0 aromatic heterocycles. The molecule has 0 saturated heterocycles. The fraction of sp³-hybridized carbons (Fsp3) is 0.300. The zero-order valence-electron chi connectivity index (χ0n) is 15.3. The van der Waals surface area contributed by atoms with E-state index in [1.165, 1.54) is 11.1 Å². The van der Waals surface area contributed by atoms with Gasteiger partial charge in [-0.05, 0) is 54.8 Å². The van der Waals surface area contributed by atoms with Crippen LogP contribution in [-0.2, 0) is 17.8 Å². The first-order valence-corrected chi connectivity index (χ1v) is 8.50. The summed E-state index contributed by atoms with van der Waals surface area (Å²) in [6.45, 7) is 3.81. The molecule has 2 N–H and O–H groups in total. The molecule has 1 heterocycles. The normalized spacial score (nSPS) is 13.7. The van der Waals surface area contributed by atoms with Gasteiger partial charge < -0.3 is 14.8 Å². The number of rotatable bonds is 6. The smallest absolute Gasteiger partial charge is 0.227 e. The summed E-state index contributed by atoms with van der Waals surface area (Å²) in [4.78, 5) is 10.8. The Hall–Kier alpha value is -2.86. The van der Waals surface area contributed by atoms with Crippen molar-refractivity contribution in [1.82, 2.24) is 10.7 Å². The molecule has 0 bridgehead atoms. The van der Waals surface area contributed by atoms with E-state index in [9.17, 15) is 4.79 Å². The van der Waals surface area contributed by atoms with E-state index in [2.05, 4.69) is 28.0 Å². The summed E-state index contributed by atoms with van der Waals surface area (Å²) in [5.41, 5.74) is 8.52. The average Bonchev–Trinajstić information content (AvgIpc) is 2.68. The Balaban J connectivity index is 2.11. The number of nitrogens with zero attached hydrogens (tertiary/aromatic N) is 1. The second-order valence-electron chi connectivity index (χ2n) is 6.14. The summed E-state index contributed by atoms with van der Waals surface area (Å²) in [6.07, 6.45) is 1.58. The van der Waals surface area contributed by atoms with Gasteiger partial charge in [-0.2, -0.15) is 5.10 Å². The van der Waals surface area contributed by atoms with Gasteiger partial charge >= 0.3 is 0 Å². The highest BCUT2D eigenvalue weighted by molar-refractivity contribution is 6.14. The molecule has 0 aliphatic carbocycles. The Kier molecular flexibility index (Phi) is 5.53. The number of ether oxygens (including phenoxy) is 2. The lowest BCUT2D eigenvalue weighted by atomic mass is 9.93. The predicted molar refractivity (Wildman–Crippen MR) is 101 cm³/mol. The van der Waals surface area contributed by atoms with Crippen molar-refractivity contribution >= 4 is 12.1 Å². The molecule has 26 heavy (non-hydrogen) atoms. The van der Waals surface area contributed by atoms with Gasteiger partial charge in [0.15, 0.2) is 11.5 Å². The Bertz CT molecular complexity index is 846. The maximum absolute atomic E-state index is 10.8. The maximum atomic E-state index is 10.8. The van der Waals surface area contributed by atoms with E-state index in [0.29, 0.717) is 23.6 Å². The number of benzene rings is 2. The molecule has 0 atom stereocenters. The van der Waals surface area contributed by atoms with Crippen molar-refractivity contribution in [2.45, 2.75) is 19.9 Å². The molecule has 0 unspecified atom stereocenters. The predicted octanol–water partition coefficient (Wildman–Crippen LogP) is 2.16. The van der Waals surface area contributed by atoms with Gasteiger partial charge in [-0.25, -0.2) is 5.43 Å². The largest absolute Gasteiger partial charge is 0.493 e. The molecule has 0 saturated carbocycles. The van der Waals surface area contributed by atoms with E-state index in [4.69, 9.17) is 9.47 Å². The third kappa shape index (κ3) is 3.55. The number of nitrogens with one attached hydrogen (secondary N) is 2. The van der Waals surface area contributed by atoms with Gasteiger partial charge in [0, 0.05) is 17.7 Å². The van der Waals surface area contributed by atoms with E-state index in [0.717, 1.165) is 36.2 Å². The third-order valence-corrected chi connectivity index (χ3v) is 4.58. The standard InChI is InChI=1S/C20H23N3O3/c1-13-8-18(25-2)19(26-3)10-17(13)20(23-22-12-24)15-5-4-14-6-7-21-11-16(14)9-15/h4-5,8-10,12,21H,6-7,11H2,1-3H3,(H,22,24)/b23-20-. The van der Waals surface area contributed by atoms with Gasteiger partial charge in [0.05, 0.1) is 19.9 Å². The zero-order valence-corrected chi connectivity index (χ0v) is 15.3. The molecule has 2 aromatic rings. The first-order valence-electron chi connectivity index (χ1n) is 8.50. The Morgan fingerprint density at radius 3 is 2.65 bits per heavy atom. The van der Waals surface area contributed by atoms with E-state index < -0.39 is 0 Å². The molecular formula is C20H23N3O3. The monoisotopic (exact) mass is 353 g/mol. The van der Waals surface area contributed by atoms with Crippen molar-refractivity contribution in [2.75, 3.05) is 20.8 Å². The number of carbonyl (C=O) groups excluding carboxylic acids is 1. The number of hydrazone groups is 1. The van der Waals surface area contributed by atoms with Crippen LogP contribution >= 0.6 is 0 Å². The highest BCUT2D eigenvalue weighted by Crippen LogP contribution is 2.32. The van der Waals surface area contributed by atoms with Gasteiger partial charge in [-0.3, -0.25) is 4.79 Å². The van der Waals surface area contributed by atoms with Gasteiger partial charge in [0.25, 0.3) is 0 Å². The lowest BCUT2D eigenvalue weighted by Crippen LogP contribution is -2.24. The molecular weight excluding hydrogens is 330 g/mol. The molecule has 0 radical (unpaired) electrons. The molecule has 2 aromatic carbocycles. The second-order valence-corrected chi connectivity index (χ2v) is 6.14. The second kappa shape index (κ2) is 8.01. The van der Waals surface area contributed by atoms with Crippen LogP contribution in [0.2, 0.25) is 0 Å². The van der Waals surface area contributed by atoms with Crippen LogP contribution in [0.5, 0.6) is 11.5 Å². The lowest BCUT2D eigenvalue weighted by Gasteiger charge is -2.19. The van der Waals surface area contributed by atoms with Crippen molar-refractivity contribution in [3.8, 4) is 11.5 Å². The molecule has 6 nitrogen and oxygen atoms in total. The molecule has 1 aliphatic rings. The Morgan fingerprint density at radius 2 is 1.92 bits per heavy atom. The number of hydrogen-bond acceptors (Lipinski definition) is 5. The summed E-state index contributed by atoms with van der Waals surface area (Å²) in [5.74, 6) is 1.28. The van der Waals surface area contributed by atoms with Crippen molar-refractivity contribution < 1.29 is 14.3 Å². The summed E-state index contributed by atoms with van der Waals surface area (Å²) in [6, 6.07) is 10.1. The van der Waals surface area contributed by atoms with Crippen LogP contribution in [0, 0.1) is 6.92 Å². The van der Waals surface area contributed by atoms with Gasteiger partial charge in [-0.15, -0.1) is 0 Å². The minimum absolute atomic E-state index is 0.566. The highest BCUT2D eigenvalue weighted by Gasteiger charge is 2.17. The fourth-order valence-corrected chi connectivity index (χ4v) is 3.23. The Labute approximate surface area is 153 Å². The molecule has 136 valence electrons. The van der Waals surface area contributed by atoms with Crippen LogP contribution in [0.25, 0.3) is 0 Å². The van der Waals surface area contributed by atoms with Crippen LogP contribution in [0.4, 0.5) is 0 Å². The van der Waals surface area contributed by atoms with E-state index in [1.54, 1.807) is 14.2 Å². The molecule has 1 aliphatic heterocycles. The number of methoxy groups -OCH3 is 2. The quantitative estimate of drug-likeness (QED) is 0.474. The number of carbonyl (C=O) groups is 1. The maximum Gasteiger partial charge on any atom is 0.227 e. The van der Waals surface area contributed by atoms with E-state index in [-0.39, 0.29) is 0 Å². The number of fused-ring (bicyclic) bond motifs is 1. The number of hydrogen-bond donors (Lipinski definition) is 2. The van der Waals surface area contributed by atoms with Crippen LogP contribution in [-0.4, -0.2) is 32.9 Å². The summed E-state index contributed by atoms with van der Waals surface area (Å²) >= 11 is 0. The first kappa shape index (κ1) is 17.9. The molecule has 1 amide bonds. The Morgan fingerprint density at radius 1 is 1.15 bits per heavy atom. The molecule has 0 spiro atoms. The summed E-state index contributed by atoms with van der Waals surface area (Å²) < 4.78 is 10.8. The number of aryl methyl sites for hydroxylation is 1. The lowest BCUT2D eigenvalue weighted by molar-refractivity contribution is -0.109. The minimum atomic E-state index is 0.566. The topological polar surface area (TPSA) is 72.0 Å². The van der Waals surface area contributed by atoms with Crippen molar-refractivity contribution in [1.29, 1.82) is 0 Å². The van der Waals surface area contributed by atoms with E-state index >= 15 is 0 Å². The average molecular weight is 353 g/mol. The third-order valence-electron chi connectivity index (χ3n) is 4.58. The van der Waals surface area contributed by atoms with E-state index in [1.807, 2.05) is 25.1 Å². The fourth-order valence-electron chi connectivity index (χ4n) is 3.23. The molecule has 0 fully saturated rings. The zero-order chi connectivity index (χ0) is 18.5. The van der Waals surface area contributed by atoms with Crippen LogP contribution in [0.3, 0.4) is 0 Å². The van der Waals surface area contributed by atoms with Crippen LogP contribution in [0.15, 0.2) is 35.4 Å². The number of amides is 1. The van der Waals surface area contributed by atoms with Crippen molar-refractivity contribution in [2.24, 2.45) is 5.10 Å². The van der Waals surface area contributed by atoms with Crippen LogP contribution < -0.4 is 20.2 Å². The van der Waals surface area contributed by atoms with Crippen LogP contribution in [0.1, 0.15) is 27.8 Å². The SMILES string of the molecule is COc1cc(C)c(/C(=N\NC=O)c2ccc3c(c2)CNCC3)cc1OC.